The first kappa shape index (κ1) is 18.0. The van der Waals surface area contributed by atoms with Gasteiger partial charge < -0.3 is 15.1 Å². The molecule has 0 saturated carbocycles. The number of amides is 2. The van der Waals surface area contributed by atoms with Crippen molar-refractivity contribution in [3.8, 4) is 0 Å². The Kier molecular flexibility index (Phi) is 5.01. The molecular formula is C18H17F4N3O. The van der Waals surface area contributed by atoms with Crippen LogP contribution in [-0.4, -0.2) is 37.1 Å². The lowest BCUT2D eigenvalue weighted by molar-refractivity contribution is -0.137. The summed E-state index contributed by atoms with van der Waals surface area (Å²) in [5.74, 6) is -0.403. The summed E-state index contributed by atoms with van der Waals surface area (Å²) >= 11 is 0. The van der Waals surface area contributed by atoms with E-state index >= 15 is 0 Å². The van der Waals surface area contributed by atoms with Crippen molar-refractivity contribution in [2.75, 3.05) is 36.4 Å². The number of para-hydroxylation sites is 1. The highest BCUT2D eigenvalue weighted by molar-refractivity contribution is 5.89. The van der Waals surface area contributed by atoms with Crippen LogP contribution >= 0.6 is 0 Å². The second-order valence-electron chi connectivity index (χ2n) is 5.93. The summed E-state index contributed by atoms with van der Waals surface area (Å²) in [4.78, 5) is 15.4. The minimum Gasteiger partial charge on any atom is -0.367 e. The smallest absolute Gasteiger partial charge is 0.367 e. The van der Waals surface area contributed by atoms with Crippen molar-refractivity contribution in [2.45, 2.75) is 6.18 Å². The van der Waals surface area contributed by atoms with Crippen molar-refractivity contribution < 1.29 is 22.4 Å². The number of nitrogens with zero attached hydrogens (tertiary/aromatic N) is 2. The van der Waals surface area contributed by atoms with Crippen LogP contribution in [-0.2, 0) is 6.18 Å². The van der Waals surface area contributed by atoms with Crippen LogP contribution in [0.5, 0.6) is 0 Å². The lowest BCUT2D eigenvalue weighted by atomic mass is 10.1. The molecule has 2 amide bonds. The molecule has 3 rings (SSSR count). The van der Waals surface area contributed by atoms with Crippen LogP contribution in [0.25, 0.3) is 0 Å². The van der Waals surface area contributed by atoms with E-state index in [1.807, 2.05) is 0 Å². The topological polar surface area (TPSA) is 35.6 Å². The van der Waals surface area contributed by atoms with Gasteiger partial charge in [0.2, 0.25) is 0 Å². The molecule has 8 heteroatoms. The normalized spacial score (nSPS) is 15.1. The van der Waals surface area contributed by atoms with Crippen LogP contribution in [0.1, 0.15) is 5.56 Å². The van der Waals surface area contributed by atoms with Crippen molar-refractivity contribution in [1.82, 2.24) is 4.90 Å². The quantitative estimate of drug-likeness (QED) is 0.808. The summed E-state index contributed by atoms with van der Waals surface area (Å²) in [6.45, 7) is 1.17. The predicted molar refractivity (Wildman–Crippen MR) is 90.6 cm³/mol. The van der Waals surface area contributed by atoms with Crippen LogP contribution < -0.4 is 10.2 Å². The summed E-state index contributed by atoms with van der Waals surface area (Å²) in [5.41, 5.74) is -0.0935. The molecule has 1 aliphatic rings. The molecule has 2 aromatic carbocycles. The van der Waals surface area contributed by atoms with Gasteiger partial charge in [-0.25, -0.2) is 9.18 Å². The first-order valence-electron chi connectivity index (χ1n) is 8.07. The Bertz CT molecular complexity index is 769. The van der Waals surface area contributed by atoms with Crippen LogP contribution in [0.2, 0.25) is 0 Å². The number of nitrogens with one attached hydrogen (secondary N) is 1. The van der Waals surface area contributed by atoms with E-state index < -0.39 is 17.6 Å². The fourth-order valence-corrected chi connectivity index (χ4v) is 2.88. The number of carbonyl (C=O) groups excluding carboxylic acids is 1. The van der Waals surface area contributed by atoms with Gasteiger partial charge in [0.1, 0.15) is 5.82 Å². The van der Waals surface area contributed by atoms with Crippen molar-refractivity contribution in [1.29, 1.82) is 0 Å². The molecule has 0 radical (unpaired) electrons. The van der Waals surface area contributed by atoms with E-state index in [-0.39, 0.29) is 11.7 Å². The molecule has 0 bridgehead atoms. The molecule has 0 spiro atoms. The van der Waals surface area contributed by atoms with E-state index in [0.29, 0.717) is 31.9 Å². The molecular weight excluding hydrogens is 350 g/mol. The van der Waals surface area contributed by atoms with Gasteiger partial charge in [-0.2, -0.15) is 13.2 Å². The van der Waals surface area contributed by atoms with Gasteiger partial charge in [-0.15, -0.1) is 0 Å². The predicted octanol–water partition coefficient (Wildman–Crippen LogP) is 4.20. The largest absolute Gasteiger partial charge is 0.418 e. The first-order chi connectivity index (χ1) is 12.3. The third kappa shape index (κ3) is 4.07. The Labute approximate surface area is 148 Å². The molecule has 26 heavy (non-hydrogen) atoms. The maximum absolute atomic E-state index is 13.2. The number of halogens is 4. The Morgan fingerprint density at radius 1 is 0.923 bits per heavy atom. The Hall–Kier alpha value is -2.77. The van der Waals surface area contributed by atoms with Gasteiger partial charge >= 0.3 is 12.2 Å². The average Bonchev–Trinajstić information content (AvgIpc) is 2.63. The van der Waals surface area contributed by atoms with Gasteiger partial charge in [-0.05, 0) is 36.4 Å². The molecule has 1 heterocycles. The molecule has 0 atom stereocenters. The van der Waals surface area contributed by atoms with Crippen LogP contribution in [0, 0.1) is 5.82 Å². The monoisotopic (exact) mass is 367 g/mol. The van der Waals surface area contributed by atoms with Gasteiger partial charge in [0.15, 0.2) is 0 Å². The molecule has 1 fully saturated rings. The summed E-state index contributed by atoms with van der Waals surface area (Å²) in [5, 5.41) is 2.65. The number of rotatable bonds is 2. The number of anilines is 2. The second kappa shape index (κ2) is 7.23. The zero-order valence-electron chi connectivity index (χ0n) is 13.8. The lowest BCUT2D eigenvalue weighted by Gasteiger charge is -2.37. The fourth-order valence-electron chi connectivity index (χ4n) is 2.88. The van der Waals surface area contributed by atoms with Gasteiger partial charge in [0.25, 0.3) is 0 Å². The fraction of sp³-hybridized carbons (Fsp3) is 0.278. The Balaban J connectivity index is 1.63. The van der Waals surface area contributed by atoms with E-state index in [0.717, 1.165) is 6.07 Å². The zero-order chi connectivity index (χ0) is 18.7. The number of piperazine rings is 1. The number of urea groups is 1. The van der Waals surface area contributed by atoms with Crippen molar-refractivity contribution in [3.05, 3.63) is 59.9 Å². The first-order valence-corrected chi connectivity index (χ1v) is 8.07. The maximum atomic E-state index is 13.2. The molecule has 2 aromatic rings. The minimum atomic E-state index is -4.42. The average molecular weight is 367 g/mol. The number of hydrogen-bond donors (Lipinski definition) is 1. The summed E-state index contributed by atoms with van der Waals surface area (Å²) in [6.07, 6.45) is -4.42. The highest BCUT2D eigenvalue weighted by Gasteiger charge is 2.35. The van der Waals surface area contributed by atoms with Crippen LogP contribution in [0.4, 0.5) is 33.7 Å². The Morgan fingerprint density at radius 2 is 1.54 bits per heavy atom. The third-order valence-electron chi connectivity index (χ3n) is 4.21. The maximum Gasteiger partial charge on any atom is 0.418 e. The van der Waals surface area contributed by atoms with Gasteiger partial charge in [-0.3, -0.25) is 0 Å². The highest BCUT2D eigenvalue weighted by atomic mass is 19.4. The SMILES string of the molecule is O=C(Nc1ccc(F)cc1)N1CCN(c2ccccc2C(F)(F)F)CC1. The van der Waals surface area contributed by atoms with Crippen molar-refractivity contribution in [2.24, 2.45) is 0 Å². The number of carbonyl (C=O) groups is 1. The molecule has 0 aromatic heterocycles. The molecule has 0 aliphatic carbocycles. The molecule has 1 aliphatic heterocycles. The van der Waals surface area contributed by atoms with E-state index in [1.165, 1.54) is 41.3 Å². The summed E-state index contributed by atoms with van der Waals surface area (Å²) in [6, 6.07) is 10.4. The van der Waals surface area contributed by atoms with Crippen LogP contribution in [0.15, 0.2) is 48.5 Å². The summed E-state index contributed by atoms with van der Waals surface area (Å²) < 4.78 is 52.3. The molecule has 4 nitrogen and oxygen atoms in total. The second-order valence-corrected chi connectivity index (χ2v) is 5.93. The number of alkyl halides is 3. The molecule has 138 valence electrons. The lowest BCUT2D eigenvalue weighted by Crippen LogP contribution is -2.50. The number of benzene rings is 2. The third-order valence-corrected chi connectivity index (χ3v) is 4.21. The van der Waals surface area contributed by atoms with E-state index in [9.17, 15) is 22.4 Å². The highest BCUT2D eigenvalue weighted by Crippen LogP contribution is 2.36. The van der Waals surface area contributed by atoms with Gasteiger partial charge in [-0.1, -0.05) is 12.1 Å². The molecule has 1 saturated heterocycles. The van der Waals surface area contributed by atoms with Crippen molar-refractivity contribution in [3.63, 3.8) is 0 Å². The Morgan fingerprint density at radius 3 is 2.15 bits per heavy atom. The molecule has 1 N–H and O–H groups in total. The van der Waals surface area contributed by atoms with Crippen LogP contribution in [0.3, 0.4) is 0 Å². The van der Waals surface area contributed by atoms with Crippen molar-refractivity contribution >= 4 is 17.4 Å². The van der Waals surface area contributed by atoms with Gasteiger partial charge in [0.05, 0.1) is 5.56 Å². The van der Waals surface area contributed by atoms with E-state index in [1.54, 1.807) is 11.0 Å². The van der Waals surface area contributed by atoms with Gasteiger partial charge in [0, 0.05) is 37.6 Å². The minimum absolute atomic E-state index is 0.124. The summed E-state index contributed by atoms with van der Waals surface area (Å²) in [7, 11) is 0. The van der Waals surface area contributed by atoms with E-state index in [4.69, 9.17) is 0 Å². The van der Waals surface area contributed by atoms with E-state index in [2.05, 4.69) is 5.32 Å². The molecule has 0 unspecified atom stereocenters. The zero-order valence-corrected chi connectivity index (χ0v) is 13.8. The standard InChI is InChI=1S/C18H17F4N3O/c19-13-5-7-14(8-6-13)23-17(26)25-11-9-24(10-12-25)16-4-2-1-3-15(16)18(20,21)22/h1-8H,9-12H2,(H,23,26). The number of hydrogen-bond acceptors (Lipinski definition) is 2.